The lowest BCUT2D eigenvalue weighted by Gasteiger charge is -2.07. The maximum Gasteiger partial charge on any atom is 0.188 e. The van der Waals surface area contributed by atoms with Crippen molar-refractivity contribution >= 4 is 17.4 Å². The molecule has 1 aromatic rings. The molecular weight excluding hydrogens is 204 g/mol. The van der Waals surface area contributed by atoms with E-state index in [9.17, 15) is 4.79 Å². The Bertz CT molecular complexity index is 336. The topological polar surface area (TPSA) is 35.5 Å². The van der Waals surface area contributed by atoms with E-state index in [1.165, 1.54) is 14.0 Å². The van der Waals surface area contributed by atoms with Crippen LogP contribution in [0.5, 0.6) is 5.75 Å². The molecule has 0 fully saturated rings. The summed E-state index contributed by atoms with van der Waals surface area (Å²) >= 11 is 5.88. The molecule has 0 aliphatic rings. The van der Waals surface area contributed by atoms with Crippen LogP contribution in [0.2, 0.25) is 5.02 Å². The lowest BCUT2D eigenvalue weighted by atomic mass is 10.1. The quantitative estimate of drug-likeness (QED) is 0.571. The van der Waals surface area contributed by atoms with Gasteiger partial charge in [0.15, 0.2) is 12.6 Å². The lowest BCUT2D eigenvalue weighted by molar-refractivity contribution is 0.0512. The van der Waals surface area contributed by atoms with E-state index in [0.717, 1.165) is 0 Å². The molecule has 0 aromatic heterocycles. The van der Waals surface area contributed by atoms with Gasteiger partial charge in [-0.15, -0.1) is 0 Å². The van der Waals surface area contributed by atoms with Gasteiger partial charge in [-0.05, 0) is 25.1 Å². The van der Waals surface area contributed by atoms with Gasteiger partial charge in [-0.2, -0.15) is 0 Å². The van der Waals surface area contributed by atoms with Crippen molar-refractivity contribution in [3.63, 3.8) is 0 Å². The van der Waals surface area contributed by atoms with E-state index in [0.29, 0.717) is 16.3 Å². The van der Waals surface area contributed by atoms with E-state index >= 15 is 0 Å². The molecule has 0 bridgehead atoms. The highest BCUT2D eigenvalue weighted by Gasteiger charge is 2.05. The Balaban J connectivity index is 2.84. The second-order valence-corrected chi connectivity index (χ2v) is 3.16. The molecule has 1 rings (SSSR count). The lowest BCUT2D eigenvalue weighted by Crippen LogP contribution is -2.00. The number of Topliss-reactive ketones (excluding diaryl/α,β-unsaturated/α-hetero) is 1. The van der Waals surface area contributed by atoms with Crippen LogP contribution >= 0.6 is 11.6 Å². The average Bonchev–Trinajstić information content (AvgIpc) is 2.15. The molecule has 1 aromatic carbocycles. The van der Waals surface area contributed by atoms with E-state index < -0.39 is 0 Å². The van der Waals surface area contributed by atoms with Crippen LogP contribution < -0.4 is 4.74 Å². The van der Waals surface area contributed by atoms with Crippen molar-refractivity contribution in [2.75, 3.05) is 13.9 Å². The smallest absolute Gasteiger partial charge is 0.188 e. The number of methoxy groups -OCH3 is 1. The Labute approximate surface area is 87.6 Å². The Kier molecular flexibility index (Phi) is 3.92. The van der Waals surface area contributed by atoms with Crippen molar-refractivity contribution in [2.24, 2.45) is 0 Å². The fourth-order valence-electron chi connectivity index (χ4n) is 0.959. The normalized spacial score (nSPS) is 9.93. The highest BCUT2D eigenvalue weighted by Crippen LogP contribution is 2.25. The van der Waals surface area contributed by atoms with Gasteiger partial charge in [-0.3, -0.25) is 4.79 Å². The number of rotatable bonds is 4. The van der Waals surface area contributed by atoms with Gasteiger partial charge < -0.3 is 9.47 Å². The summed E-state index contributed by atoms with van der Waals surface area (Å²) in [7, 11) is 1.53. The van der Waals surface area contributed by atoms with Gasteiger partial charge in [0.25, 0.3) is 0 Å². The Morgan fingerprint density at radius 1 is 1.50 bits per heavy atom. The van der Waals surface area contributed by atoms with Crippen LogP contribution in [0.3, 0.4) is 0 Å². The van der Waals surface area contributed by atoms with Gasteiger partial charge in [-0.25, -0.2) is 0 Å². The molecule has 3 nitrogen and oxygen atoms in total. The molecule has 76 valence electrons. The molecule has 0 amide bonds. The monoisotopic (exact) mass is 214 g/mol. The zero-order valence-corrected chi connectivity index (χ0v) is 8.80. The number of carbonyl (C=O) groups is 1. The van der Waals surface area contributed by atoms with Gasteiger partial charge in [-0.1, -0.05) is 11.6 Å². The summed E-state index contributed by atoms with van der Waals surface area (Å²) in [4.78, 5) is 11.0. The van der Waals surface area contributed by atoms with Gasteiger partial charge >= 0.3 is 0 Å². The molecule has 0 heterocycles. The van der Waals surface area contributed by atoms with Crippen molar-refractivity contribution in [1.29, 1.82) is 0 Å². The zero-order chi connectivity index (χ0) is 10.6. The summed E-state index contributed by atoms with van der Waals surface area (Å²) in [6.07, 6.45) is 0. The van der Waals surface area contributed by atoms with Crippen LogP contribution in [0, 0.1) is 0 Å². The highest BCUT2D eigenvalue weighted by atomic mass is 35.5. The average molecular weight is 215 g/mol. The van der Waals surface area contributed by atoms with Crippen LogP contribution in [-0.2, 0) is 4.74 Å². The number of carbonyl (C=O) groups excluding carboxylic acids is 1. The Morgan fingerprint density at radius 2 is 2.21 bits per heavy atom. The predicted octanol–water partition coefficient (Wildman–Crippen LogP) is 2.53. The van der Waals surface area contributed by atoms with Crippen LogP contribution in [0.1, 0.15) is 17.3 Å². The van der Waals surface area contributed by atoms with E-state index in [4.69, 9.17) is 21.1 Å². The van der Waals surface area contributed by atoms with Gasteiger partial charge in [0.2, 0.25) is 0 Å². The molecule has 0 spiro atoms. The van der Waals surface area contributed by atoms with Gasteiger partial charge in [0.05, 0.1) is 5.02 Å². The second-order valence-electron chi connectivity index (χ2n) is 2.75. The molecule has 4 heteroatoms. The summed E-state index contributed by atoms with van der Waals surface area (Å²) in [5.74, 6) is 0.490. The molecule has 0 saturated heterocycles. The maximum atomic E-state index is 11.0. The number of hydrogen-bond donors (Lipinski definition) is 0. The van der Waals surface area contributed by atoms with Crippen LogP contribution in [0.25, 0.3) is 0 Å². The number of ketones is 1. The standard InChI is InChI=1S/C10H11ClO3/c1-7(12)8-3-4-10(9(11)5-8)14-6-13-2/h3-5H,6H2,1-2H3. The minimum Gasteiger partial charge on any atom is -0.466 e. The summed E-state index contributed by atoms with van der Waals surface area (Å²) < 4.78 is 9.89. The number of benzene rings is 1. The first-order valence-corrected chi connectivity index (χ1v) is 4.45. The molecule has 0 unspecified atom stereocenters. The van der Waals surface area contributed by atoms with Crippen molar-refractivity contribution in [2.45, 2.75) is 6.92 Å². The Hall–Kier alpha value is -1.06. The van der Waals surface area contributed by atoms with E-state index in [1.807, 2.05) is 0 Å². The first-order chi connectivity index (χ1) is 6.65. The third kappa shape index (κ3) is 2.72. The maximum absolute atomic E-state index is 11.0. The van der Waals surface area contributed by atoms with E-state index in [2.05, 4.69) is 0 Å². The summed E-state index contributed by atoms with van der Waals surface area (Å²) in [6.45, 7) is 1.63. The predicted molar refractivity (Wildman–Crippen MR) is 54.0 cm³/mol. The fourth-order valence-corrected chi connectivity index (χ4v) is 1.19. The summed E-state index contributed by atoms with van der Waals surface area (Å²) in [6, 6.07) is 4.90. The second kappa shape index (κ2) is 4.98. The van der Waals surface area contributed by atoms with Crippen molar-refractivity contribution < 1.29 is 14.3 Å². The number of halogens is 1. The molecule has 0 atom stereocenters. The summed E-state index contributed by atoms with van der Waals surface area (Å²) in [5, 5.41) is 0.412. The molecule has 0 radical (unpaired) electrons. The third-order valence-corrected chi connectivity index (χ3v) is 1.97. The third-order valence-electron chi connectivity index (χ3n) is 1.67. The highest BCUT2D eigenvalue weighted by molar-refractivity contribution is 6.32. The van der Waals surface area contributed by atoms with Crippen LogP contribution in [0.4, 0.5) is 0 Å². The molecule has 14 heavy (non-hydrogen) atoms. The first-order valence-electron chi connectivity index (χ1n) is 4.07. The minimum absolute atomic E-state index is 0.0230. The Morgan fingerprint density at radius 3 is 2.71 bits per heavy atom. The van der Waals surface area contributed by atoms with E-state index in [1.54, 1.807) is 18.2 Å². The molecule has 0 N–H and O–H groups in total. The fraction of sp³-hybridized carbons (Fsp3) is 0.300. The first kappa shape index (κ1) is 11.0. The molecule has 0 aliphatic carbocycles. The van der Waals surface area contributed by atoms with E-state index in [-0.39, 0.29) is 12.6 Å². The van der Waals surface area contributed by atoms with Crippen LogP contribution in [-0.4, -0.2) is 19.7 Å². The molecular formula is C10H11ClO3. The van der Waals surface area contributed by atoms with Crippen molar-refractivity contribution in [1.82, 2.24) is 0 Å². The minimum atomic E-state index is -0.0230. The zero-order valence-electron chi connectivity index (χ0n) is 8.04. The number of hydrogen-bond acceptors (Lipinski definition) is 3. The van der Waals surface area contributed by atoms with Crippen molar-refractivity contribution in [3.8, 4) is 5.75 Å². The number of ether oxygens (including phenoxy) is 2. The van der Waals surface area contributed by atoms with Gasteiger partial charge in [0.1, 0.15) is 5.75 Å². The van der Waals surface area contributed by atoms with Crippen LogP contribution in [0.15, 0.2) is 18.2 Å². The largest absolute Gasteiger partial charge is 0.466 e. The molecule has 0 aliphatic heterocycles. The van der Waals surface area contributed by atoms with Crippen molar-refractivity contribution in [3.05, 3.63) is 28.8 Å². The SMILES string of the molecule is COCOc1ccc(C(C)=O)cc1Cl. The molecule has 0 saturated carbocycles. The summed E-state index contributed by atoms with van der Waals surface area (Å²) in [5.41, 5.74) is 0.569. The van der Waals surface area contributed by atoms with Gasteiger partial charge in [0, 0.05) is 12.7 Å².